The first-order valence-electron chi connectivity index (χ1n) is 8.80. The summed E-state index contributed by atoms with van der Waals surface area (Å²) in [6.45, 7) is 0. The van der Waals surface area contributed by atoms with Gasteiger partial charge in [0.05, 0.1) is 10.6 Å². The van der Waals surface area contributed by atoms with Crippen molar-refractivity contribution in [3.8, 4) is 11.3 Å². The molecule has 1 aliphatic heterocycles. The molecule has 0 atom stereocenters. The van der Waals surface area contributed by atoms with E-state index in [9.17, 15) is 18.0 Å². The van der Waals surface area contributed by atoms with E-state index in [0.717, 1.165) is 28.8 Å². The largest absolute Gasteiger partial charge is 0.326 e. The van der Waals surface area contributed by atoms with Crippen molar-refractivity contribution in [2.75, 3.05) is 16.9 Å². The molecule has 1 aromatic heterocycles. The number of thiazole rings is 1. The molecule has 29 heavy (non-hydrogen) atoms. The SMILES string of the molecule is CS(=O)(=O)c1cccc(C(=O)Nc2nc(-c3ccc4c(c3)CCC(=O)N4)cs2)c1. The van der Waals surface area contributed by atoms with Gasteiger partial charge in [0.1, 0.15) is 0 Å². The molecule has 0 aliphatic carbocycles. The molecule has 1 aliphatic rings. The van der Waals surface area contributed by atoms with Gasteiger partial charge in [-0.15, -0.1) is 11.3 Å². The average molecular weight is 428 g/mol. The lowest BCUT2D eigenvalue weighted by Crippen LogP contribution is -2.18. The fourth-order valence-corrected chi connectivity index (χ4v) is 4.43. The molecule has 0 saturated heterocycles. The molecule has 4 rings (SSSR count). The Balaban J connectivity index is 1.53. The number of hydrogen-bond donors (Lipinski definition) is 2. The maximum Gasteiger partial charge on any atom is 0.257 e. The second kappa shape index (κ2) is 7.41. The molecule has 0 fully saturated rings. The molecule has 2 N–H and O–H groups in total. The number of fused-ring (bicyclic) bond motifs is 1. The summed E-state index contributed by atoms with van der Waals surface area (Å²) >= 11 is 1.28. The minimum absolute atomic E-state index is 0.0175. The first-order valence-corrected chi connectivity index (χ1v) is 11.6. The number of aryl methyl sites for hydroxylation is 1. The summed E-state index contributed by atoms with van der Waals surface area (Å²) in [6.07, 6.45) is 2.24. The van der Waals surface area contributed by atoms with Gasteiger partial charge in [0.15, 0.2) is 15.0 Å². The van der Waals surface area contributed by atoms with Crippen LogP contribution in [0.15, 0.2) is 52.7 Å². The number of benzene rings is 2. The quantitative estimate of drug-likeness (QED) is 0.664. The number of anilines is 2. The number of nitrogens with zero attached hydrogens (tertiary/aromatic N) is 1. The number of amides is 2. The van der Waals surface area contributed by atoms with E-state index in [4.69, 9.17) is 0 Å². The maximum absolute atomic E-state index is 12.5. The van der Waals surface area contributed by atoms with Gasteiger partial charge in [-0.25, -0.2) is 13.4 Å². The van der Waals surface area contributed by atoms with Gasteiger partial charge >= 0.3 is 0 Å². The van der Waals surface area contributed by atoms with Gasteiger partial charge in [-0.1, -0.05) is 12.1 Å². The minimum Gasteiger partial charge on any atom is -0.326 e. The first kappa shape index (κ1) is 19.3. The lowest BCUT2D eigenvalue weighted by atomic mass is 9.99. The summed E-state index contributed by atoms with van der Waals surface area (Å²) in [5, 5.41) is 7.81. The van der Waals surface area contributed by atoms with Gasteiger partial charge in [0.2, 0.25) is 5.91 Å². The number of aromatic nitrogens is 1. The Bertz CT molecular complexity index is 1230. The van der Waals surface area contributed by atoms with Crippen LogP contribution in [-0.2, 0) is 21.1 Å². The zero-order chi connectivity index (χ0) is 20.6. The Morgan fingerprint density at radius 2 is 2.00 bits per heavy atom. The Kier molecular flexibility index (Phi) is 4.93. The second-order valence-electron chi connectivity index (χ2n) is 6.71. The van der Waals surface area contributed by atoms with Crippen LogP contribution in [0, 0.1) is 0 Å². The third-order valence-corrected chi connectivity index (χ3v) is 6.41. The van der Waals surface area contributed by atoms with Gasteiger partial charge in [0, 0.05) is 34.9 Å². The van der Waals surface area contributed by atoms with Crippen LogP contribution in [0.3, 0.4) is 0 Å². The zero-order valence-corrected chi connectivity index (χ0v) is 17.1. The molecule has 2 heterocycles. The molecular weight excluding hydrogens is 410 g/mol. The highest BCUT2D eigenvalue weighted by atomic mass is 32.2. The van der Waals surface area contributed by atoms with Crippen molar-refractivity contribution in [3.05, 3.63) is 59.0 Å². The fraction of sp³-hybridized carbons (Fsp3) is 0.150. The predicted octanol–water partition coefficient (Wildman–Crippen LogP) is 3.35. The summed E-state index contributed by atoms with van der Waals surface area (Å²) in [5.74, 6) is -0.409. The number of nitrogens with one attached hydrogen (secondary N) is 2. The van der Waals surface area contributed by atoms with Gasteiger partial charge in [-0.3, -0.25) is 14.9 Å². The van der Waals surface area contributed by atoms with Gasteiger partial charge in [-0.05, 0) is 42.3 Å². The zero-order valence-electron chi connectivity index (χ0n) is 15.4. The van der Waals surface area contributed by atoms with Crippen LogP contribution in [0.4, 0.5) is 10.8 Å². The smallest absolute Gasteiger partial charge is 0.257 e. The summed E-state index contributed by atoms with van der Waals surface area (Å²) < 4.78 is 23.4. The standard InChI is InChI=1S/C20H17N3O4S2/c1-29(26,27)15-4-2-3-14(10-15)19(25)23-20-22-17(11-28-20)13-5-7-16-12(9-13)6-8-18(24)21-16/h2-5,7,9-11H,6,8H2,1H3,(H,21,24)(H,22,23,25). The topological polar surface area (TPSA) is 105 Å². The molecule has 0 radical (unpaired) electrons. The minimum atomic E-state index is -3.39. The van der Waals surface area contributed by atoms with E-state index in [2.05, 4.69) is 15.6 Å². The van der Waals surface area contributed by atoms with Gasteiger partial charge < -0.3 is 5.32 Å². The van der Waals surface area contributed by atoms with Crippen molar-refractivity contribution < 1.29 is 18.0 Å². The molecule has 0 unspecified atom stereocenters. The van der Waals surface area contributed by atoms with Crippen molar-refractivity contribution in [1.29, 1.82) is 0 Å². The third kappa shape index (κ3) is 4.20. The highest BCUT2D eigenvalue weighted by Crippen LogP contribution is 2.30. The van der Waals surface area contributed by atoms with E-state index < -0.39 is 15.7 Å². The number of sulfone groups is 1. The Morgan fingerprint density at radius 1 is 1.17 bits per heavy atom. The molecule has 0 spiro atoms. The molecular formula is C20H17N3O4S2. The summed E-state index contributed by atoms with van der Waals surface area (Å²) in [5.41, 5.74) is 3.73. The van der Waals surface area contributed by atoms with Crippen molar-refractivity contribution in [3.63, 3.8) is 0 Å². The van der Waals surface area contributed by atoms with Crippen LogP contribution >= 0.6 is 11.3 Å². The molecule has 9 heteroatoms. The van der Waals surface area contributed by atoms with Gasteiger partial charge in [-0.2, -0.15) is 0 Å². The highest BCUT2D eigenvalue weighted by Gasteiger charge is 2.17. The van der Waals surface area contributed by atoms with Crippen molar-refractivity contribution in [1.82, 2.24) is 4.98 Å². The molecule has 0 bridgehead atoms. The van der Waals surface area contributed by atoms with Crippen molar-refractivity contribution >= 4 is 43.8 Å². The number of rotatable bonds is 4. The van der Waals surface area contributed by atoms with E-state index in [-0.39, 0.29) is 16.4 Å². The third-order valence-electron chi connectivity index (χ3n) is 4.55. The molecule has 2 amide bonds. The molecule has 2 aromatic carbocycles. The first-order chi connectivity index (χ1) is 13.8. The van der Waals surface area contributed by atoms with Crippen LogP contribution < -0.4 is 10.6 Å². The number of carbonyl (C=O) groups excluding carboxylic acids is 2. The molecule has 148 valence electrons. The van der Waals surface area contributed by atoms with E-state index in [1.807, 2.05) is 23.6 Å². The molecule has 7 nitrogen and oxygen atoms in total. The summed E-state index contributed by atoms with van der Waals surface area (Å²) in [4.78, 5) is 28.5. The van der Waals surface area contributed by atoms with E-state index in [1.165, 1.54) is 29.5 Å². The Hall–Kier alpha value is -3.04. The maximum atomic E-state index is 12.5. The van der Waals surface area contributed by atoms with Crippen molar-refractivity contribution in [2.45, 2.75) is 17.7 Å². The van der Waals surface area contributed by atoms with Crippen LogP contribution in [0.1, 0.15) is 22.3 Å². The summed E-state index contributed by atoms with van der Waals surface area (Å²) in [6, 6.07) is 11.6. The van der Waals surface area contributed by atoms with E-state index in [1.54, 1.807) is 6.07 Å². The Morgan fingerprint density at radius 3 is 2.79 bits per heavy atom. The lowest BCUT2D eigenvalue weighted by Gasteiger charge is -2.17. The van der Waals surface area contributed by atoms with Crippen molar-refractivity contribution in [2.24, 2.45) is 0 Å². The predicted molar refractivity (Wildman–Crippen MR) is 112 cm³/mol. The van der Waals surface area contributed by atoms with Crippen LogP contribution in [-0.4, -0.2) is 31.5 Å². The van der Waals surface area contributed by atoms with E-state index >= 15 is 0 Å². The number of hydrogen-bond acceptors (Lipinski definition) is 6. The lowest BCUT2D eigenvalue weighted by molar-refractivity contribution is -0.116. The normalized spacial score (nSPS) is 13.5. The Labute approximate surface area is 171 Å². The highest BCUT2D eigenvalue weighted by molar-refractivity contribution is 7.90. The number of carbonyl (C=O) groups is 2. The van der Waals surface area contributed by atoms with E-state index in [0.29, 0.717) is 18.0 Å². The molecule has 3 aromatic rings. The molecule has 0 saturated carbocycles. The van der Waals surface area contributed by atoms with Crippen LogP contribution in [0.5, 0.6) is 0 Å². The second-order valence-corrected chi connectivity index (χ2v) is 9.59. The monoisotopic (exact) mass is 427 g/mol. The van der Waals surface area contributed by atoms with Gasteiger partial charge in [0.25, 0.3) is 5.91 Å². The summed E-state index contributed by atoms with van der Waals surface area (Å²) in [7, 11) is -3.39. The van der Waals surface area contributed by atoms with Crippen LogP contribution in [0.2, 0.25) is 0 Å². The average Bonchev–Trinajstić information content (AvgIpc) is 3.15. The fourth-order valence-electron chi connectivity index (χ4n) is 3.04. The van der Waals surface area contributed by atoms with Crippen LogP contribution in [0.25, 0.3) is 11.3 Å².